The molecule has 1 saturated heterocycles. The Kier molecular flexibility index (Phi) is 4.73. The molecule has 0 aromatic carbocycles. The van der Waals surface area contributed by atoms with Crippen molar-refractivity contribution in [1.82, 2.24) is 15.0 Å². The zero-order chi connectivity index (χ0) is 18.8. The Morgan fingerprint density at radius 3 is 2.70 bits per heavy atom. The van der Waals surface area contributed by atoms with Gasteiger partial charge < -0.3 is 14.8 Å². The van der Waals surface area contributed by atoms with E-state index in [1.165, 1.54) is 0 Å². The largest absolute Gasteiger partial charge is 0.456 e. The summed E-state index contributed by atoms with van der Waals surface area (Å²) >= 11 is 0. The summed E-state index contributed by atoms with van der Waals surface area (Å²) in [5, 5.41) is 3.31. The third-order valence-electron chi connectivity index (χ3n) is 4.31. The van der Waals surface area contributed by atoms with E-state index in [4.69, 9.17) is 9.47 Å². The second-order valence-corrected chi connectivity index (χ2v) is 6.60. The van der Waals surface area contributed by atoms with E-state index >= 15 is 0 Å². The number of rotatable bonds is 6. The Balaban J connectivity index is 1.46. The minimum absolute atomic E-state index is 0.115. The Hall–Kier alpha value is -2.99. The van der Waals surface area contributed by atoms with Gasteiger partial charge in [-0.3, -0.25) is 9.97 Å². The molecule has 0 aliphatic carbocycles. The predicted molar refractivity (Wildman–Crippen MR) is 103 cm³/mol. The van der Waals surface area contributed by atoms with Crippen molar-refractivity contribution < 1.29 is 9.47 Å². The zero-order valence-corrected chi connectivity index (χ0v) is 15.6. The van der Waals surface area contributed by atoms with Gasteiger partial charge in [-0.15, -0.1) is 0 Å². The van der Waals surface area contributed by atoms with Crippen LogP contribution in [-0.2, 0) is 11.2 Å². The normalized spacial score (nSPS) is 18.2. The van der Waals surface area contributed by atoms with Crippen LogP contribution in [-0.4, -0.2) is 21.2 Å². The summed E-state index contributed by atoms with van der Waals surface area (Å²) in [4.78, 5) is 13.4. The van der Waals surface area contributed by atoms with Crippen LogP contribution in [0.15, 0.2) is 48.7 Å². The topological polar surface area (TPSA) is 72.5 Å². The first-order valence-corrected chi connectivity index (χ1v) is 9.08. The lowest BCUT2D eigenvalue weighted by Gasteiger charge is -2.08. The van der Waals surface area contributed by atoms with E-state index < -0.39 is 0 Å². The maximum Gasteiger partial charge on any atom is 0.162 e. The number of anilines is 1. The molecule has 138 valence electrons. The second kappa shape index (κ2) is 7.32. The van der Waals surface area contributed by atoms with Crippen molar-refractivity contribution in [3.8, 4) is 11.5 Å². The molecule has 3 aromatic rings. The molecule has 4 rings (SSSR count). The SMILES string of the molecule is CCc1cccc(NC2OC2c2cc(Oc3ccc(C)nc3)cc(C)n2)n1. The fourth-order valence-electron chi connectivity index (χ4n) is 2.87. The summed E-state index contributed by atoms with van der Waals surface area (Å²) in [6, 6.07) is 13.6. The maximum absolute atomic E-state index is 5.93. The number of hydrogen-bond acceptors (Lipinski definition) is 6. The van der Waals surface area contributed by atoms with Gasteiger partial charge in [0.2, 0.25) is 0 Å². The highest BCUT2D eigenvalue weighted by molar-refractivity contribution is 5.40. The van der Waals surface area contributed by atoms with Crippen molar-refractivity contribution >= 4 is 5.82 Å². The molecule has 6 heteroatoms. The molecule has 0 bridgehead atoms. The average molecular weight is 362 g/mol. The van der Waals surface area contributed by atoms with E-state index in [2.05, 4.69) is 27.2 Å². The molecule has 3 aromatic heterocycles. The first-order chi connectivity index (χ1) is 13.1. The van der Waals surface area contributed by atoms with Gasteiger partial charge in [0.25, 0.3) is 0 Å². The van der Waals surface area contributed by atoms with Crippen LogP contribution >= 0.6 is 0 Å². The number of epoxide rings is 1. The van der Waals surface area contributed by atoms with Crippen LogP contribution in [0.3, 0.4) is 0 Å². The third kappa shape index (κ3) is 4.23. The monoisotopic (exact) mass is 362 g/mol. The molecule has 0 saturated carbocycles. The van der Waals surface area contributed by atoms with Gasteiger partial charge in [-0.1, -0.05) is 13.0 Å². The van der Waals surface area contributed by atoms with Crippen LogP contribution in [0.4, 0.5) is 5.82 Å². The summed E-state index contributed by atoms with van der Waals surface area (Å²) in [5.41, 5.74) is 3.72. The summed E-state index contributed by atoms with van der Waals surface area (Å²) in [7, 11) is 0. The molecular weight excluding hydrogens is 340 g/mol. The van der Waals surface area contributed by atoms with Gasteiger partial charge in [0.05, 0.1) is 11.9 Å². The summed E-state index contributed by atoms with van der Waals surface area (Å²) in [5.74, 6) is 2.24. The summed E-state index contributed by atoms with van der Waals surface area (Å²) in [6.07, 6.45) is 2.37. The number of nitrogens with one attached hydrogen (secondary N) is 1. The lowest BCUT2D eigenvalue weighted by atomic mass is 10.2. The first-order valence-electron chi connectivity index (χ1n) is 9.08. The molecular formula is C21H22N4O2. The van der Waals surface area contributed by atoms with Crippen molar-refractivity contribution in [3.05, 3.63) is 71.4 Å². The standard InChI is InChI=1S/C21H22N4O2/c1-4-15-6-5-7-19(24-15)25-21-20(27-21)18-11-17(10-14(3)23-18)26-16-9-8-13(2)22-12-16/h5-12,20-21H,4H2,1-3H3,(H,24,25). The third-order valence-corrected chi connectivity index (χ3v) is 4.31. The van der Waals surface area contributed by atoms with Crippen molar-refractivity contribution in [2.45, 2.75) is 39.5 Å². The predicted octanol–water partition coefficient (Wildman–Crippen LogP) is 4.35. The lowest BCUT2D eigenvalue weighted by molar-refractivity contribution is 0.382. The van der Waals surface area contributed by atoms with E-state index in [0.29, 0.717) is 5.75 Å². The molecule has 2 unspecified atom stereocenters. The van der Waals surface area contributed by atoms with Crippen molar-refractivity contribution in [2.75, 3.05) is 5.32 Å². The highest BCUT2D eigenvalue weighted by Gasteiger charge is 2.42. The molecule has 1 fully saturated rings. The quantitative estimate of drug-likeness (QED) is 0.657. The molecule has 0 spiro atoms. The molecule has 4 heterocycles. The van der Waals surface area contributed by atoms with Gasteiger partial charge in [0.15, 0.2) is 6.23 Å². The van der Waals surface area contributed by atoms with Crippen LogP contribution in [0.25, 0.3) is 0 Å². The number of ether oxygens (including phenoxy) is 2. The zero-order valence-electron chi connectivity index (χ0n) is 15.6. The van der Waals surface area contributed by atoms with Gasteiger partial charge in [0.1, 0.15) is 23.4 Å². The summed E-state index contributed by atoms with van der Waals surface area (Å²) in [6.45, 7) is 5.98. The molecule has 0 amide bonds. The van der Waals surface area contributed by atoms with Gasteiger partial charge in [-0.2, -0.15) is 0 Å². The van der Waals surface area contributed by atoms with Crippen LogP contribution < -0.4 is 10.1 Å². The highest BCUT2D eigenvalue weighted by atomic mass is 16.6. The van der Waals surface area contributed by atoms with E-state index in [1.54, 1.807) is 6.20 Å². The van der Waals surface area contributed by atoms with Crippen LogP contribution in [0.2, 0.25) is 0 Å². The fraction of sp³-hybridized carbons (Fsp3) is 0.286. The summed E-state index contributed by atoms with van der Waals surface area (Å²) < 4.78 is 11.7. The minimum Gasteiger partial charge on any atom is -0.456 e. The number of aryl methyl sites for hydroxylation is 3. The van der Waals surface area contributed by atoms with Gasteiger partial charge in [-0.25, -0.2) is 4.98 Å². The van der Waals surface area contributed by atoms with Crippen LogP contribution in [0.1, 0.15) is 35.8 Å². The van der Waals surface area contributed by atoms with Gasteiger partial charge in [-0.05, 0) is 44.5 Å². The fourth-order valence-corrected chi connectivity index (χ4v) is 2.87. The minimum atomic E-state index is -0.132. The molecule has 1 N–H and O–H groups in total. The molecule has 1 aliphatic heterocycles. The van der Waals surface area contributed by atoms with Gasteiger partial charge in [0, 0.05) is 29.2 Å². The molecule has 2 atom stereocenters. The van der Waals surface area contributed by atoms with E-state index in [9.17, 15) is 0 Å². The van der Waals surface area contributed by atoms with Crippen LogP contribution in [0, 0.1) is 13.8 Å². The molecule has 1 aliphatic rings. The first kappa shape index (κ1) is 17.4. The van der Waals surface area contributed by atoms with E-state index in [1.807, 2.05) is 56.3 Å². The number of pyridine rings is 3. The molecule has 0 radical (unpaired) electrons. The van der Waals surface area contributed by atoms with Crippen molar-refractivity contribution in [2.24, 2.45) is 0 Å². The smallest absolute Gasteiger partial charge is 0.162 e. The Morgan fingerprint density at radius 1 is 1.04 bits per heavy atom. The van der Waals surface area contributed by atoms with E-state index in [-0.39, 0.29) is 12.3 Å². The number of aromatic nitrogens is 3. The average Bonchev–Trinajstić information content (AvgIpc) is 3.42. The number of nitrogens with zero attached hydrogens (tertiary/aromatic N) is 3. The van der Waals surface area contributed by atoms with Crippen molar-refractivity contribution in [3.63, 3.8) is 0 Å². The number of hydrogen-bond donors (Lipinski definition) is 1. The van der Waals surface area contributed by atoms with Gasteiger partial charge >= 0.3 is 0 Å². The molecule has 6 nitrogen and oxygen atoms in total. The Bertz CT molecular complexity index is 943. The Labute approximate surface area is 158 Å². The Morgan fingerprint density at radius 2 is 1.93 bits per heavy atom. The highest BCUT2D eigenvalue weighted by Crippen LogP contribution is 2.39. The van der Waals surface area contributed by atoms with E-state index in [0.717, 1.165) is 40.8 Å². The molecule has 27 heavy (non-hydrogen) atoms. The van der Waals surface area contributed by atoms with Crippen molar-refractivity contribution in [1.29, 1.82) is 0 Å². The lowest BCUT2D eigenvalue weighted by Crippen LogP contribution is -2.07. The second-order valence-electron chi connectivity index (χ2n) is 6.60. The van der Waals surface area contributed by atoms with Crippen LogP contribution in [0.5, 0.6) is 11.5 Å². The maximum atomic E-state index is 5.93.